The van der Waals surface area contributed by atoms with Crippen LogP contribution in [0.2, 0.25) is 0 Å². The smallest absolute Gasteiger partial charge is 0.252 e. The summed E-state index contributed by atoms with van der Waals surface area (Å²) >= 11 is 0. The van der Waals surface area contributed by atoms with Gasteiger partial charge in [-0.15, -0.1) is 0 Å². The van der Waals surface area contributed by atoms with Crippen molar-refractivity contribution < 1.29 is 9.59 Å². The topological polar surface area (TPSA) is 131 Å². The number of aromatic nitrogens is 2. The molecule has 1 fully saturated rings. The average molecular weight is 563 g/mol. The van der Waals surface area contributed by atoms with E-state index in [4.69, 9.17) is 5.73 Å². The Labute approximate surface area is 245 Å². The predicted molar refractivity (Wildman–Crippen MR) is 164 cm³/mol. The molecule has 0 bridgehead atoms. The molecule has 214 valence electrons. The Kier molecular flexibility index (Phi) is 8.31. The third-order valence-electron chi connectivity index (χ3n) is 7.52. The first-order valence-corrected chi connectivity index (χ1v) is 13.8. The highest BCUT2D eigenvalue weighted by atomic mass is 16.2. The number of nitrogens with two attached hydrogens (primary N) is 1. The lowest BCUT2D eigenvalue weighted by molar-refractivity contribution is -0.130. The van der Waals surface area contributed by atoms with Crippen LogP contribution in [0.1, 0.15) is 21.5 Å². The highest BCUT2D eigenvalue weighted by Crippen LogP contribution is 2.27. The number of carbonyl (C=O) groups excluding carboxylic acids is 2. The number of amides is 2. The van der Waals surface area contributed by atoms with Crippen molar-refractivity contribution >= 4 is 34.5 Å². The van der Waals surface area contributed by atoms with Gasteiger partial charge in [-0.3, -0.25) is 9.59 Å². The minimum absolute atomic E-state index is 0.150. The van der Waals surface area contributed by atoms with E-state index in [2.05, 4.69) is 38.2 Å². The monoisotopic (exact) mass is 562 g/mol. The second-order valence-corrected chi connectivity index (χ2v) is 10.8. The van der Waals surface area contributed by atoms with Crippen LogP contribution in [0.15, 0.2) is 66.7 Å². The van der Waals surface area contributed by atoms with Crippen molar-refractivity contribution in [3.63, 3.8) is 0 Å². The van der Waals surface area contributed by atoms with Crippen molar-refractivity contribution in [1.29, 1.82) is 5.26 Å². The zero-order valence-electron chi connectivity index (χ0n) is 24.0. The lowest BCUT2D eigenvalue weighted by Gasteiger charge is -2.33. The van der Waals surface area contributed by atoms with Gasteiger partial charge < -0.3 is 25.8 Å². The van der Waals surface area contributed by atoms with E-state index in [1.165, 1.54) is 4.90 Å². The first-order valence-electron chi connectivity index (χ1n) is 13.8. The number of anilines is 2. The van der Waals surface area contributed by atoms with Gasteiger partial charge in [-0.1, -0.05) is 36.4 Å². The van der Waals surface area contributed by atoms with Crippen molar-refractivity contribution in [1.82, 2.24) is 25.1 Å². The maximum absolute atomic E-state index is 13.4. The van der Waals surface area contributed by atoms with Gasteiger partial charge >= 0.3 is 0 Å². The molecule has 2 amide bonds. The molecule has 1 aromatic heterocycles. The van der Waals surface area contributed by atoms with Crippen LogP contribution in [0.4, 0.5) is 11.8 Å². The summed E-state index contributed by atoms with van der Waals surface area (Å²) in [7, 11) is 5.43. The van der Waals surface area contributed by atoms with Gasteiger partial charge in [0.15, 0.2) is 0 Å². The molecule has 5 rings (SSSR count). The standard InChI is InChI=1S/C32H34N8O2/c1-38(2)31(42)28(18-21-7-9-23(10-8-21)24-6-4-5-22(17-24)20-33)35-30(41)25-11-12-26-27(19-25)36-32(34)37-29(26)40-15-13-39(3)14-16-40/h4-12,17,19,28H,13-16,18H2,1-3H3,(H,35,41)(H2,34,36,37). The fourth-order valence-corrected chi connectivity index (χ4v) is 5.12. The normalized spacial score (nSPS) is 14.3. The lowest BCUT2D eigenvalue weighted by Crippen LogP contribution is -2.47. The number of nitrogens with zero attached hydrogens (tertiary/aromatic N) is 6. The molecule has 4 aromatic rings. The van der Waals surface area contributed by atoms with Crippen LogP contribution in [0.3, 0.4) is 0 Å². The molecule has 10 nitrogen and oxygen atoms in total. The SMILES string of the molecule is CN1CCN(c2nc(N)nc3cc(C(=O)NC(Cc4ccc(-c5cccc(C#N)c5)cc4)C(=O)N(C)C)ccc23)CC1. The highest BCUT2D eigenvalue weighted by Gasteiger charge is 2.25. The molecular weight excluding hydrogens is 528 g/mol. The molecule has 3 N–H and O–H groups in total. The molecule has 1 atom stereocenters. The van der Waals surface area contributed by atoms with E-state index in [0.29, 0.717) is 23.1 Å². The highest BCUT2D eigenvalue weighted by molar-refractivity contribution is 6.02. The van der Waals surface area contributed by atoms with Crippen LogP contribution in [-0.2, 0) is 11.2 Å². The third kappa shape index (κ3) is 6.32. The maximum Gasteiger partial charge on any atom is 0.252 e. The molecule has 2 heterocycles. The first kappa shape index (κ1) is 28.5. The van der Waals surface area contributed by atoms with Crippen LogP contribution < -0.4 is 16.0 Å². The van der Waals surface area contributed by atoms with E-state index in [-0.39, 0.29) is 17.8 Å². The molecule has 0 saturated carbocycles. The number of hydrogen-bond donors (Lipinski definition) is 2. The summed E-state index contributed by atoms with van der Waals surface area (Å²) in [6.45, 7) is 3.49. The number of piperazine rings is 1. The lowest BCUT2D eigenvalue weighted by atomic mass is 9.99. The Hall–Kier alpha value is -5.01. The molecule has 3 aromatic carbocycles. The zero-order valence-corrected chi connectivity index (χ0v) is 24.0. The molecule has 0 aliphatic carbocycles. The van der Waals surface area contributed by atoms with Gasteiger partial charge in [-0.25, -0.2) is 4.98 Å². The Balaban J connectivity index is 1.36. The Morgan fingerprint density at radius 3 is 2.43 bits per heavy atom. The van der Waals surface area contributed by atoms with E-state index in [9.17, 15) is 14.9 Å². The molecule has 1 aliphatic heterocycles. The fourth-order valence-electron chi connectivity index (χ4n) is 5.12. The summed E-state index contributed by atoms with van der Waals surface area (Å²) in [6.07, 6.45) is 0.317. The molecular formula is C32H34N8O2. The Morgan fingerprint density at radius 1 is 1.00 bits per heavy atom. The predicted octanol–water partition coefficient (Wildman–Crippen LogP) is 2.93. The van der Waals surface area contributed by atoms with Crippen molar-refractivity contribution in [2.75, 3.05) is 58.0 Å². The minimum atomic E-state index is -0.771. The van der Waals surface area contributed by atoms with Crippen molar-refractivity contribution in [3.05, 3.63) is 83.4 Å². The number of nitrogens with one attached hydrogen (secondary N) is 1. The molecule has 1 unspecified atom stereocenters. The van der Waals surface area contributed by atoms with Crippen LogP contribution in [0.25, 0.3) is 22.0 Å². The number of rotatable bonds is 7. The van der Waals surface area contributed by atoms with E-state index in [1.807, 2.05) is 48.5 Å². The molecule has 1 saturated heterocycles. The average Bonchev–Trinajstić information content (AvgIpc) is 3.00. The number of fused-ring (bicyclic) bond motifs is 1. The third-order valence-corrected chi connectivity index (χ3v) is 7.52. The molecule has 0 radical (unpaired) electrons. The number of hydrogen-bond acceptors (Lipinski definition) is 8. The first-order chi connectivity index (χ1) is 20.2. The summed E-state index contributed by atoms with van der Waals surface area (Å²) in [5.41, 5.74) is 10.4. The Bertz CT molecular complexity index is 1650. The van der Waals surface area contributed by atoms with E-state index >= 15 is 0 Å². The van der Waals surface area contributed by atoms with Crippen molar-refractivity contribution in [3.8, 4) is 17.2 Å². The molecule has 0 spiro atoms. The van der Waals surface area contributed by atoms with Crippen molar-refractivity contribution in [2.24, 2.45) is 0 Å². The molecule has 10 heteroatoms. The van der Waals surface area contributed by atoms with Crippen LogP contribution in [0, 0.1) is 11.3 Å². The summed E-state index contributed by atoms with van der Waals surface area (Å²) < 4.78 is 0. The summed E-state index contributed by atoms with van der Waals surface area (Å²) in [4.78, 5) is 41.4. The van der Waals surface area contributed by atoms with Crippen LogP contribution in [0.5, 0.6) is 0 Å². The Morgan fingerprint density at radius 2 is 1.74 bits per heavy atom. The van der Waals surface area contributed by atoms with E-state index < -0.39 is 6.04 Å². The van der Waals surface area contributed by atoms with Gasteiger partial charge in [0, 0.05) is 57.6 Å². The van der Waals surface area contributed by atoms with Gasteiger partial charge in [-0.05, 0) is 54.1 Å². The van der Waals surface area contributed by atoms with Gasteiger partial charge in [0.2, 0.25) is 11.9 Å². The van der Waals surface area contributed by atoms with Gasteiger partial charge in [0.05, 0.1) is 17.1 Å². The number of likely N-dealkylation sites (N-methyl/N-ethyl adjacent to an activating group) is 2. The van der Waals surface area contributed by atoms with E-state index in [1.54, 1.807) is 32.3 Å². The van der Waals surface area contributed by atoms with Crippen LogP contribution >= 0.6 is 0 Å². The number of nitriles is 1. The summed E-state index contributed by atoms with van der Waals surface area (Å²) in [5.74, 6) is 0.331. The summed E-state index contributed by atoms with van der Waals surface area (Å²) in [6, 6.07) is 21.9. The largest absolute Gasteiger partial charge is 0.368 e. The number of carbonyl (C=O) groups is 2. The minimum Gasteiger partial charge on any atom is -0.368 e. The van der Waals surface area contributed by atoms with Gasteiger partial charge in [-0.2, -0.15) is 10.2 Å². The molecule has 42 heavy (non-hydrogen) atoms. The van der Waals surface area contributed by atoms with Gasteiger partial charge in [0.1, 0.15) is 11.9 Å². The fraction of sp³-hybridized carbons (Fsp3) is 0.281. The quantitative estimate of drug-likeness (QED) is 0.352. The second-order valence-electron chi connectivity index (χ2n) is 10.8. The zero-order chi connectivity index (χ0) is 29.8. The van der Waals surface area contributed by atoms with Gasteiger partial charge in [0.25, 0.3) is 5.91 Å². The number of nitrogen functional groups attached to an aromatic ring is 1. The van der Waals surface area contributed by atoms with E-state index in [0.717, 1.165) is 54.1 Å². The number of benzene rings is 3. The maximum atomic E-state index is 13.4. The molecule has 1 aliphatic rings. The van der Waals surface area contributed by atoms with Crippen LogP contribution in [-0.4, -0.2) is 84.9 Å². The summed E-state index contributed by atoms with van der Waals surface area (Å²) in [5, 5.41) is 13.0. The van der Waals surface area contributed by atoms with Crippen molar-refractivity contribution in [2.45, 2.75) is 12.5 Å². The second kappa shape index (κ2) is 12.2.